The van der Waals surface area contributed by atoms with E-state index in [9.17, 15) is 4.79 Å². The van der Waals surface area contributed by atoms with Gasteiger partial charge < -0.3 is 10.6 Å². The van der Waals surface area contributed by atoms with Crippen LogP contribution in [0.5, 0.6) is 0 Å². The molecule has 0 saturated heterocycles. The van der Waals surface area contributed by atoms with Gasteiger partial charge in [-0.3, -0.25) is 4.79 Å². The molecule has 3 nitrogen and oxygen atoms in total. The molecular formula is C12H19ClN2OS. The second-order valence-corrected chi connectivity index (χ2v) is 6.03. The normalized spacial score (nSPS) is 11.6. The highest BCUT2D eigenvalue weighted by atomic mass is 35.5. The Morgan fingerprint density at radius 3 is 2.47 bits per heavy atom. The van der Waals surface area contributed by atoms with Crippen LogP contribution < -0.4 is 5.73 Å². The molecule has 0 aliphatic rings. The van der Waals surface area contributed by atoms with Crippen LogP contribution in [-0.4, -0.2) is 23.4 Å². The maximum absolute atomic E-state index is 12.2. The van der Waals surface area contributed by atoms with E-state index >= 15 is 0 Å². The van der Waals surface area contributed by atoms with E-state index in [4.69, 9.17) is 17.3 Å². The van der Waals surface area contributed by atoms with Crippen molar-refractivity contribution in [1.29, 1.82) is 0 Å². The van der Waals surface area contributed by atoms with E-state index in [1.54, 1.807) is 11.9 Å². The third kappa shape index (κ3) is 3.44. The van der Waals surface area contributed by atoms with Gasteiger partial charge in [-0.15, -0.1) is 11.3 Å². The summed E-state index contributed by atoms with van der Waals surface area (Å²) >= 11 is 7.35. The van der Waals surface area contributed by atoms with Gasteiger partial charge in [0.25, 0.3) is 0 Å². The summed E-state index contributed by atoms with van der Waals surface area (Å²) in [6, 6.07) is 3.78. The Morgan fingerprint density at radius 2 is 2.06 bits per heavy atom. The Balaban J connectivity index is 2.70. The Labute approximate surface area is 112 Å². The van der Waals surface area contributed by atoms with Gasteiger partial charge in [0.05, 0.1) is 16.4 Å². The van der Waals surface area contributed by atoms with Crippen LogP contribution >= 0.6 is 22.9 Å². The lowest BCUT2D eigenvalue weighted by Crippen LogP contribution is -2.53. The summed E-state index contributed by atoms with van der Waals surface area (Å²) in [5.74, 6) is -0.00739. The second kappa shape index (κ2) is 5.85. The fourth-order valence-electron chi connectivity index (χ4n) is 1.67. The van der Waals surface area contributed by atoms with Crippen molar-refractivity contribution in [3.63, 3.8) is 0 Å². The van der Waals surface area contributed by atoms with Gasteiger partial charge >= 0.3 is 0 Å². The zero-order valence-corrected chi connectivity index (χ0v) is 12.1. The van der Waals surface area contributed by atoms with Crippen LogP contribution in [0.25, 0.3) is 0 Å². The highest BCUT2D eigenvalue weighted by molar-refractivity contribution is 7.16. The average Bonchev–Trinajstić information content (AvgIpc) is 2.72. The molecule has 5 heteroatoms. The Hall–Kier alpha value is -0.580. The van der Waals surface area contributed by atoms with E-state index < -0.39 is 5.54 Å². The Bertz CT molecular complexity index is 388. The molecular weight excluding hydrogens is 256 g/mol. The fraction of sp³-hybridized carbons (Fsp3) is 0.583. The minimum atomic E-state index is -0.740. The quantitative estimate of drug-likeness (QED) is 0.897. The number of nitrogens with two attached hydrogens (primary N) is 1. The summed E-state index contributed by atoms with van der Waals surface area (Å²) in [7, 11) is 1.78. The van der Waals surface area contributed by atoms with Crippen molar-refractivity contribution in [2.24, 2.45) is 5.73 Å². The van der Waals surface area contributed by atoms with Gasteiger partial charge in [-0.05, 0) is 25.0 Å². The van der Waals surface area contributed by atoms with Crippen molar-refractivity contribution in [2.45, 2.75) is 38.8 Å². The number of carbonyl (C=O) groups is 1. The first-order chi connectivity index (χ1) is 7.92. The molecule has 0 saturated carbocycles. The molecule has 0 aromatic carbocycles. The summed E-state index contributed by atoms with van der Waals surface area (Å²) in [4.78, 5) is 15.0. The zero-order chi connectivity index (χ0) is 13.1. The van der Waals surface area contributed by atoms with Gasteiger partial charge in [0.15, 0.2) is 0 Å². The molecule has 1 aromatic heterocycles. The number of nitrogens with zero attached hydrogens (tertiary/aromatic N) is 1. The number of carbonyl (C=O) groups excluding carboxylic acids is 1. The first kappa shape index (κ1) is 14.5. The molecule has 1 heterocycles. The lowest BCUT2D eigenvalue weighted by molar-refractivity contribution is -0.136. The Morgan fingerprint density at radius 1 is 1.47 bits per heavy atom. The fourth-order valence-corrected chi connectivity index (χ4v) is 2.82. The first-order valence-electron chi connectivity index (χ1n) is 5.71. The minimum Gasteiger partial charge on any atom is -0.339 e. The van der Waals surface area contributed by atoms with Crippen LogP contribution in [0.15, 0.2) is 12.1 Å². The third-order valence-corrected chi connectivity index (χ3v) is 4.27. The molecule has 0 unspecified atom stereocenters. The summed E-state index contributed by atoms with van der Waals surface area (Å²) in [5.41, 5.74) is 5.35. The summed E-state index contributed by atoms with van der Waals surface area (Å²) in [6.45, 7) is 4.45. The zero-order valence-electron chi connectivity index (χ0n) is 10.5. The monoisotopic (exact) mass is 274 g/mol. The van der Waals surface area contributed by atoms with Crippen LogP contribution in [0, 0.1) is 0 Å². The summed E-state index contributed by atoms with van der Waals surface area (Å²) in [6.07, 6.45) is 1.30. The van der Waals surface area contributed by atoms with Crippen LogP contribution in [0.2, 0.25) is 4.34 Å². The minimum absolute atomic E-state index is 0.00739. The van der Waals surface area contributed by atoms with Crippen LogP contribution in [0.4, 0.5) is 0 Å². The molecule has 0 bridgehead atoms. The molecule has 0 atom stereocenters. The molecule has 1 amide bonds. The van der Waals surface area contributed by atoms with Crippen molar-refractivity contribution < 1.29 is 4.79 Å². The Kier molecular flexibility index (Phi) is 4.98. The van der Waals surface area contributed by atoms with E-state index in [2.05, 4.69) is 0 Å². The van der Waals surface area contributed by atoms with E-state index in [-0.39, 0.29) is 5.91 Å². The molecule has 0 fully saturated rings. The molecule has 0 aliphatic heterocycles. The maximum atomic E-state index is 12.2. The number of thiophene rings is 1. The molecule has 96 valence electrons. The van der Waals surface area contributed by atoms with Crippen LogP contribution in [0.1, 0.15) is 31.6 Å². The number of halogens is 1. The largest absolute Gasteiger partial charge is 0.339 e. The predicted octanol–water partition coefficient (Wildman–Crippen LogP) is 2.88. The maximum Gasteiger partial charge on any atom is 0.242 e. The SMILES string of the molecule is CCC(N)(CC)C(=O)N(C)Cc1ccc(Cl)s1. The second-order valence-electron chi connectivity index (χ2n) is 4.23. The number of hydrogen-bond acceptors (Lipinski definition) is 3. The van der Waals surface area contributed by atoms with E-state index in [0.717, 1.165) is 9.21 Å². The average molecular weight is 275 g/mol. The summed E-state index contributed by atoms with van der Waals surface area (Å²) < 4.78 is 0.742. The predicted molar refractivity (Wildman–Crippen MR) is 73.3 cm³/mol. The standard InChI is InChI=1S/C12H19ClN2OS/c1-4-12(14,5-2)11(16)15(3)8-9-6-7-10(13)17-9/h6-7H,4-5,8,14H2,1-3H3. The van der Waals surface area contributed by atoms with E-state index in [1.807, 2.05) is 26.0 Å². The van der Waals surface area contributed by atoms with Crippen molar-refractivity contribution >= 4 is 28.8 Å². The molecule has 2 N–H and O–H groups in total. The van der Waals surface area contributed by atoms with Crippen LogP contribution in [-0.2, 0) is 11.3 Å². The molecule has 1 aromatic rings. The topological polar surface area (TPSA) is 46.3 Å². The van der Waals surface area contributed by atoms with Gasteiger partial charge in [0.2, 0.25) is 5.91 Å². The highest BCUT2D eigenvalue weighted by Crippen LogP contribution is 2.23. The van der Waals surface area contributed by atoms with Gasteiger partial charge in [-0.25, -0.2) is 0 Å². The van der Waals surface area contributed by atoms with Gasteiger partial charge in [-0.1, -0.05) is 25.4 Å². The van der Waals surface area contributed by atoms with Gasteiger partial charge in [-0.2, -0.15) is 0 Å². The molecule has 0 aliphatic carbocycles. The molecule has 1 rings (SSSR count). The number of likely N-dealkylation sites (N-methyl/N-ethyl adjacent to an activating group) is 1. The van der Waals surface area contributed by atoms with E-state index in [0.29, 0.717) is 19.4 Å². The summed E-state index contributed by atoms with van der Waals surface area (Å²) in [5, 5.41) is 0. The van der Waals surface area contributed by atoms with E-state index in [1.165, 1.54) is 11.3 Å². The van der Waals surface area contributed by atoms with Crippen molar-refractivity contribution in [3.8, 4) is 0 Å². The van der Waals surface area contributed by atoms with Gasteiger partial charge in [0, 0.05) is 11.9 Å². The van der Waals surface area contributed by atoms with Crippen LogP contribution in [0.3, 0.4) is 0 Å². The van der Waals surface area contributed by atoms with Gasteiger partial charge in [0.1, 0.15) is 0 Å². The number of hydrogen-bond donors (Lipinski definition) is 1. The number of amides is 1. The highest BCUT2D eigenvalue weighted by Gasteiger charge is 2.32. The third-order valence-electron chi connectivity index (χ3n) is 3.06. The van der Waals surface area contributed by atoms with Crippen molar-refractivity contribution in [1.82, 2.24) is 4.90 Å². The lowest BCUT2D eigenvalue weighted by atomic mass is 9.92. The van der Waals surface area contributed by atoms with Crippen molar-refractivity contribution in [2.75, 3.05) is 7.05 Å². The number of rotatable bonds is 5. The smallest absolute Gasteiger partial charge is 0.242 e. The molecule has 0 spiro atoms. The molecule has 0 radical (unpaired) electrons. The lowest BCUT2D eigenvalue weighted by Gasteiger charge is -2.30. The first-order valence-corrected chi connectivity index (χ1v) is 6.91. The molecule has 17 heavy (non-hydrogen) atoms. The van der Waals surface area contributed by atoms with Crippen molar-refractivity contribution in [3.05, 3.63) is 21.3 Å².